The first-order valence-electron chi connectivity index (χ1n) is 12.4. The van der Waals surface area contributed by atoms with Crippen LogP contribution in [0.15, 0.2) is 84.9 Å². The van der Waals surface area contributed by atoms with Crippen LogP contribution in [-0.2, 0) is 28.3 Å². The Kier molecular flexibility index (Phi) is 11.4. The highest BCUT2D eigenvalue weighted by molar-refractivity contribution is 7.98. The number of hydrogen-bond acceptors (Lipinski definition) is 3. The number of hydrogen-bond donors (Lipinski definition) is 1. The second-order valence-corrected chi connectivity index (χ2v) is 10.8. The van der Waals surface area contributed by atoms with Gasteiger partial charge in [0.25, 0.3) is 0 Å². The SMILES string of the molecule is CC(C)CNC(=O)[C@H](Cc1ccccc1)N(Cc1cccc(Cl)c1)C(=O)CCSCc1ccccc1. The standard InChI is InChI=1S/C30H35ClN2O2S/c1-23(2)20-32-30(35)28(19-24-10-5-3-6-11-24)33(21-26-14-9-15-27(31)18-26)29(34)16-17-36-22-25-12-7-4-8-13-25/h3-15,18,23,28H,16-17,19-22H2,1-2H3,(H,32,35)/t28-/m0/s1. The smallest absolute Gasteiger partial charge is 0.243 e. The van der Waals surface area contributed by atoms with Gasteiger partial charge in [-0.15, -0.1) is 0 Å². The molecular formula is C30H35ClN2O2S. The van der Waals surface area contributed by atoms with Crippen molar-refractivity contribution >= 4 is 35.2 Å². The lowest BCUT2D eigenvalue weighted by Gasteiger charge is -2.32. The molecule has 0 fully saturated rings. The van der Waals surface area contributed by atoms with Gasteiger partial charge in [-0.05, 0) is 34.7 Å². The topological polar surface area (TPSA) is 49.4 Å². The minimum Gasteiger partial charge on any atom is -0.354 e. The predicted octanol–water partition coefficient (Wildman–Crippen LogP) is 6.38. The van der Waals surface area contributed by atoms with Crippen molar-refractivity contribution in [2.24, 2.45) is 5.92 Å². The van der Waals surface area contributed by atoms with E-state index in [0.717, 1.165) is 16.9 Å². The molecule has 2 amide bonds. The molecule has 1 N–H and O–H groups in total. The van der Waals surface area contributed by atoms with E-state index in [-0.39, 0.29) is 11.8 Å². The number of rotatable bonds is 13. The molecule has 0 aromatic heterocycles. The lowest BCUT2D eigenvalue weighted by atomic mass is 10.0. The van der Waals surface area contributed by atoms with Gasteiger partial charge in [-0.3, -0.25) is 9.59 Å². The highest BCUT2D eigenvalue weighted by Gasteiger charge is 2.30. The minimum atomic E-state index is -0.614. The largest absolute Gasteiger partial charge is 0.354 e. The minimum absolute atomic E-state index is 0.0313. The molecule has 3 aromatic carbocycles. The van der Waals surface area contributed by atoms with E-state index in [1.807, 2.05) is 72.8 Å². The normalized spacial score (nSPS) is 11.8. The maximum Gasteiger partial charge on any atom is 0.243 e. The summed E-state index contributed by atoms with van der Waals surface area (Å²) in [5.41, 5.74) is 3.16. The highest BCUT2D eigenvalue weighted by atomic mass is 35.5. The first-order valence-corrected chi connectivity index (χ1v) is 13.9. The van der Waals surface area contributed by atoms with Crippen LogP contribution in [0.4, 0.5) is 0 Å². The van der Waals surface area contributed by atoms with Gasteiger partial charge in [-0.25, -0.2) is 0 Å². The highest BCUT2D eigenvalue weighted by Crippen LogP contribution is 2.20. The van der Waals surface area contributed by atoms with Crippen LogP contribution in [0.5, 0.6) is 0 Å². The van der Waals surface area contributed by atoms with Crippen LogP contribution in [0.25, 0.3) is 0 Å². The molecular weight excluding hydrogens is 488 g/mol. The molecule has 0 aliphatic heterocycles. The predicted molar refractivity (Wildman–Crippen MR) is 151 cm³/mol. The van der Waals surface area contributed by atoms with Gasteiger partial charge in [0.1, 0.15) is 6.04 Å². The molecule has 0 bridgehead atoms. The van der Waals surface area contributed by atoms with Crippen LogP contribution < -0.4 is 5.32 Å². The summed E-state index contributed by atoms with van der Waals surface area (Å²) in [5, 5.41) is 3.67. The molecule has 0 aliphatic carbocycles. The average molecular weight is 523 g/mol. The summed E-state index contributed by atoms with van der Waals surface area (Å²) in [4.78, 5) is 28.8. The van der Waals surface area contributed by atoms with Crippen LogP contribution in [-0.4, -0.2) is 35.1 Å². The van der Waals surface area contributed by atoms with Crippen molar-refractivity contribution in [3.8, 4) is 0 Å². The third-order valence-electron chi connectivity index (χ3n) is 5.77. The van der Waals surface area contributed by atoms with Gasteiger partial charge in [0.05, 0.1) is 0 Å². The zero-order valence-electron chi connectivity index (χ0n) is 21.0. The second-order valence-electron chi connectivity index (χ2n) is 9.28. The molecule has 3 aromatic rings. The quantitative estimate of drug-likeness (QED) is 0.265. The number of benzene rings is 3. The Morgan fingerprint density at radius 2 is 1.53 bits per heavy atom. The van der Waals surface area contributed by atoms with Crippen molar-refractivity contribution in [2.75, 3.05) is 12.3 Å². The summed E-state index contributed by atoms with van der Waals surface area (Å²) >= 11 is 7.97. The molecule has 1 atom stereocenters. The summed E-state index contributed by atoms with van der Waals surface area (Å²) in [6.45, 7) is 5.02. The van der Waals surface area contributed by atoms with Gasteiger partial charge < -0.3 is 10.2 Å². The van der Waals surface area contributed by atoms with Crippen molar-refractivity contribution in [1.29, 1.82) is 0 Å². The third kappa shape index (κ3) is 9.36. The number of nitrogens with zero attached hydrogens (tertiary/aromatic N) is 1. The molecule has 4 nitrogen and oxygen atoms in total. The molecule has 0 spiro atoms. The van der Waals surface area contributed by atoms with E-state index in [4.69, 9.17) is 11.6 Å². The Bertz CT molecular complexity index is 1090. The molecule has 3 rings (SSSR count). The summed E-state index contributed by atoms with van der Waals surface area (Å²) in [7, 11) is 0. The molecule has 0 saturated heterocycles. The summed E-state index contributed by atoms with van der Waals surface area (Å²) in [6.07, 6.45) is 0.815. The number of carbonyl (C=O) groups is 2. The molecule has 0 heterocycles. The number of nitrogens with one attached hydrogen (secondary N) is 1. The molecule has 0 radical (unpaired) electrons. The first-order chi connectivity index (χ1) is 17.4. The molecule has 36 heavy (non-hydrogen) atoms. The van der Waals surface area contributed by atoms with Crippen LogP contribution in [0.1, 0.15) is 37.0 Å². The van der Waals surface area contributed by atoms with Crippen LogP contribution in [0.2, 0.25) is 5.02 Å². The Balaban J connectivity index is 1.79. The van der Waals surface area contributed by atoms with E-state index in [2.05, 4.69) is 31.3 Å². The van der Waals surface area contributed by atoms with Gasteiger partial charge in [-0.1, -0.05) is 98.2 Å². The van der Waals surface area contributed by atoms with Gasteiger partial charge >= 0.3 is 0 Å². The van der Waals surface area contributed by atoms with Gasteiger partial charge in [0.15, 0.2) is 0 Å². The van der Waals surface area contributed by atoms with Gasteiger partial charge in [-0.2, -0.15) is 11.8 Å². The van der Waals surface area contributed by atoms with Gasteiger partial charge in [0, 0.05) is 42.5 Å². The van der Waals surface area contributed by atoms with Crippen LogP contribution in [0, 0.1) is 5.92 Å². The molecule has 6 heteroatoms. The zero-order valence-corrected chi connectivity index (χ0v) is 22.6. The van der Waals surface area contributed by atoms with Crippen molar-refractivity contribution < 1.29 is 9.59 Å². The zero-order chi connectivity index (χ0) is 25.8. The number of amides is 2. The summed E-state index contributed by atoms with van der Waals surface area (Å²) in [5.74, 6) is 1.70. The fraction of sp³-hybridized carbons (Fsp3) is 0.333. The van der Waals surface area contributed by atoms with Gasteiger partial charge in [0.2, 0.25) is 11.8 Å². The van der Waals surface area contributed by atoms with Crippen LogP contribution >= 0.6 is 23.4 Å². The van der Waals surface area contributed by atoms with Crippen molar-refractivity contribution in [3.05, 3.63) is 107 Å². The third-order valence-corrected chi connectivity index (χ3v) is 7.03. The molecule has 0 aliphatic rings. The summed E-state index contributed by atoms with van der Waals surface area (Å²) in [6, 6.07) is 27.0. The maximum atomic E-state index is 13.6. The maximum absolute atomic E-state index is 13.6. The van der Waals surface area contributed by atoms with Crippen molar-refractivity contribution in [2.45, 2.75) is 45.0 Å². The number of halogens is 1. The Labute approximate surface area is 224 Å². The number of carbonyl (C=O) groups excluding carboxylic acids is 2. The average Bonchev–Trinajstić information content (AvgIpc) is 2.88. The molecule has 0 saturated carbocycles. The number of thioether (sulfide) groups is 1. The Hall–Kier alpha value is -2.76. The van der Waals surface area contributed by atoms with Crippen LogP contribution in [0.3, 0.4) is 0 Å². The lowest BCUT2D eigenvalue weighted by Crippen LogP contribution is -2.51. The molecule has 190 valence electrons. The van der Waals surface area contributed by atoms with Crippen molar-refractivity contribution in [3.63, 3.8) is 0 Å². The van der Waals surface area contributed by atoms with E-state index in [1.165, 1.54) is 5.56 Å². The molecule has 0 unspecified atom stereocenters. The second kappa shape index (κ2) is 14.7. The van der Waals surface area contributed by atoms with Crippen molar-refractivity contribution in [1.82, 2.24) is 10.2 Å². The van der Waals surface area contributed by atoms with E-state index in [9.17, 15) is 9.59 Å². The fourth-order valence-electron chi connectivity index (χ4n) is 3.88. The van der Waals surface area contributed by atoms with E-state index in [0.29, 0.717) is 42.6 Å². The summed E-state index contributed by atoms with van der Waals surface area (Å²) < 4.78 is 0. The Morgan fingerprint density at radius 1 is 0.889 bits per heavy atom. The monoisotopic (exact) mass is 522 g/mol. The fourth-order valence-corrected chi connectivity index (χ4v) is 4.98. The lowest BCUT2D eigenvalue weighted by molar-refractivity contribution is -0.141. The van der Waals surface area contributed by atoms with E-state index < -0.39 is 6.04 Å². The Morgan fingerprint density at radius 3 is 2.17 bits per heavy atom. The first kappa shape index (κ1) is 27.8. The van der Waals surface area contributed by atoms with E-state index in [1.54, 1.807) is 16.7 Å². The van der Waals surface area contributed by atoms with E-state index >= 15 is 0 Å².